The maximum Gasteiger partial charge on any atom is 0.293 e. The molecule has 1 N–H and O–H groups in total. The van der Waals surface area contributed by atoms with Crippen LogP contribution in [-0.2, 0) is 4.79 Å². The van der Waals surface area contributed by atoms with E-state index in [1.807, 2.05) is 0 Å². The topological polar surface area (TPSA) is 79.6 Å². The number of carbonyl (C=O) groups is 3. The van der Waals surface area contributed by atoms with Gasteiger partial charge in [0.1, 0.15) is 11.6 Å². The van der Waals surface area contributed by atoms with E-state index in [4.69, 9.17) is 4.42 Å². The molecule has 26 heavy (non-hydrogen) atoms. The van der Waals surface area contributed by atoms with Crippen molar-refractivity contribution in [3.8, 4) is 0 Å². The van der Waals surface area contributed by atoms with Gasteiger partial charge >= 0.3 is 0 Å². The lowest BCUT2D eigenvalue weighted by Crippen LogP contribution is -2.37. The van der Waals surface area contributed by atoms with Crippen molar-refractivity contribution in [3.63, 3.8) is 0 Å². The molecule has 8 heteroatoms. The van der Waals surface area contributed by atoms with Crippen LogP contribution >= 0.6 is 11.8 Å². The Morgan fingerprint density at radius 3 is 2.65 bits per heavy atom. The van der Waals surface area contributed by atoms with Gasteiger partial charge in [0.25, 0.3) is 17.1 Å². The van der Waals surface area contributed by atoms with Crippen LogP contribution in [0.3, 0.4) is 0 Å². The number of hydrogen-bond donors (Lipinski definition) is 1. The van der Waals surface area contributed by atoms with E-state index >= 15 is 0 Å². The number of nitrogens with zero attached hydrogens (tertiary/aromatic N) is 1. The zero-order valence-corrected chi connectivity index (χ0v) is 14.6. The fourth-order valence-electron chi connectivity index (χ4n) is 2.40. The second-order valence-electron chi connectivity index (χ2n) is 5.53. The van der Waals surface area contributed by atoms with Crippen molar-refractivity contribution in [2.24, 2.45) is 0 Å². The number of aryl methyl sites for hydroxylation is 1. The third-order valence-electron chi connectivity index (χ3n) is 3.77. The molecular formula is C18H15FN2O4S. The summed E-state index contributed by atoms with van der Waals surface area (Å²) in [5.74, 6) is -0.641. The first kappa shape index (κ1) is 17.9. The Labute approximate surface area is 153 Å². The molecule has 1 aromatic carbocycles. The highest BCUT2D eigenvalue weighted by Gasteiger charge is 2.34. The van der Waals surface area contributed by atoms with E-state index in [-0.39, 0.29) is 29.7 Å². The molecule has 1 aliphatic heterocycles. The summed E-state index contributed by atoms with van der Waals surface area (Å²) >= 11 is 0.817. The minimum atomic E-state index is -0.432. The highest BCUT2D eigenvalue weighted by molar-refractivity contribution is 8.18. The molecule has 2 heterocycles. The van der Waals surface area contributed by atoms with Gasteiger partial charge in [-0.3, -0.25) is 19.3 Å². The maximum atomic E-state index is 12.9. The summed E-state index contributed by atoms with van der Waals surface area (Å²) in [7, 11) is 0. The van der Waals surface area contributed by atoms with Crippen LogP contribution in [0.1, 0.15) is 21.7 Å². The fourth-order valence-corrected chi connectivity index (χ4v) is 3.27. The monoisotopic (exact) mass is 374 g/mol. The van der Waals surface area contributed by atoms with Gasteiger partial charge in [-0.1, -0.05) is 12.1 Å². The molecule has 0 saturated carbocycles. The van der Waals surface area contributed by atoms with Gasteiger partial charge in [0.05, 0.1) is 16.7 Å². The quantitative estimate of drug-likeness (QED) is 0.813. The molecule has 0 bridgehead atoms. The molecule has 0 spiro atoms. The van der Waals surface area contributed by atoms with Crippen molar-refractivity contribution >= 4 is 34.9 Å². The lowest BCUT2D eigenvalue weighted by atomic mass is 10.2. The second-order valence-corrected chi connectivity index (χ2v) is 6.52. The molecule has 2 aromatic rings. The van der Waals surface area contributed by atoms with Crippen molar-refractivity contribution in [1.82, 2.24) is 10.2 Å². The number of hydrogen-bond acceptors (Lipinski definition) is 5. The Bertz CT molecular complexity index is 889. The standard InChI is InChI=1S/C18H15FN2O4S/c1-11-14(6-9-25-11)16(22)20-7-8-21-17(23)15(26-18(21)24)10-12-2-4-13(19)5-3-12/h2-6,9-10H,7-8H2,1H3,(H,20,22). The predicted octanol–water partition coefficient (Wildman–Crippen LogP) is 3.19. The van der Waals surface area contributed by atoms with Crippen molar-refractivity contribution in [2.75, 3.05) is 13.1 Å². The Kier molecular flexibility index (Phi) is 5.22. The molecule has 0 aliphatic carbocycles. The molecule has 6 nitrogen and oxygen atoms in total. The molecule has 1 aromatic heterocycles. The first-order chi connectivity index (χ1) is 12.5. The Balaban J connectivity index is 1.60. The molecule has 1 fully saturated rings. The van der Waals surface area contributed by atoms with Gasteiger partial charge in [-0.2, -0.15) is 0 Å². The predicted molar refractivity (Wildman–Crippen MR) is 94.9 cm³/mol. The summed E-state index contributed by atoms with van der Waals surface area (Å²) in [4.78, 5) is 37.7. The smallest absolute Gasteiger partial charge is 0.293 e. The van der Waals surface area contributed by atoms with Gasteiger partial charge in [-0.15, -0.1) is 0 Å². The van der Waals surface area contributed by atoms with Crippen LogP contribution in [0.15, 0.2) is 45.9 Å². The Morgan fingerprint density at radius 1 is 1.27 bits per heavy atom. The van der Waals surface area contributed by atoms with Crippen LogP contribution in [0, 0.1) is 12.7 Å². The number of furan rings is 1. The summed E-state index contributed by atoms with van der Waals surface area (Å²) in [6, 6.07) is 7.16. The van der Waals surface area contributed by atoms with E-state index in [0.717, 1.165) is 16.7 Å². The van der Waals surface area contributed by atoms with E-state index in [1.54, 1.807) is 13.0 Å². The first-order valence-corrected chi connectivity index (χ1v) is 8.60. The summed E-state index contributed by atoms with van der Waals surface area (Å²) in [5.41, 5.74) is 1.04. The average molecular weight is 374 g/mol. The van der Waals surface area contributed by atoms with E-state index in [2.05, 4.69) is 5.32 Å². The minimum Gasteiger partial charge on any atom is -0.469 e. The molecule has 0 atom stereocenters. The van der Waals surface area contributed by atoms with Crippen LogP contribution < -0.4 is 5.32 Å². The second kappa shape index (κ2) is 7.57. The van der Waals surface area contributed by atoms with Crippen LogP contribution in [-0.4, -0.2) is 35.0 Å². The highest BCUT2D eigenvalue weighted by atomic mass is 32.2. The third-order valence-corrected chi connectivity index (χ3v) is 4.67. The molecule has 1 saturated heterocycles. The zero-order chi connectivity index (χ0) is 18.7. The normalized spacial score (nSPS) is 15.8. The number of rotatable bonds is 5. The van der Waals surface area contributed by atoms with Gasteiger partial charge in [0.15, 0.2) is 0 Å². The SMILES string of the molecule is Cc1occc1C(=O)NCCN1C(=O)SC(=Cc2ccc(F)cc2)C1=O. The van der Waals surface area contributed by atoms with Crippen LogP contribution in [0.2, 0.25) is 0 Å². The Morgan fingerprint density at radius 2 is 2.00 bits per heavy atom. The van der Waals surface area contributed by atoms with Crippen molar-refractivity contribution < 1.29 is 23.2 Å². The molecule has 3 rings (SSSR count). The van der Waals surface area contributed by atoms with Crippen molar-refractivity contribution in [3.05, 3.63) is 64.2 Å². The van der Waals surface area contributed by atoms with Crippen LogP contribution in [0.4, 0.5) is 9.18 Å². The molecule has 1 aliphatic rings. The van der Waals surface area contributed by atoms with Gasteiger partial charge in [-0.05, 0) is 48.5 Å². The molecular weight excluding hydrogens is 359 g/mol. The van der Waals surface area contributed by atoms with Crippen LogP contribution in [0.5, 0.6) is 0 Å². The molecule has 0 radical (unpaired) electrons. The van der Waals surface area contributed by atoms with Gasteiger partial charge < -0.3 is 9.73 Å². The maximum absolute atomic E-state index is 12.9. The lowest BCUT2D eigenvalue weighted by Gasteiger charge is -2.12. The number of amides is 3. The largest absolute Gasteiger partial charge is 0.469 e. The molecule has 134 valence electrons. The van der Waals surface area contributed by atoms with Crippen LogP contribution in [0.25, 0.3) is 6.08 Å². The molecule has 0 unspecified atom stereocenters. The fraction of sp³-hybridized carbons (Fsp3) is 0.167. The van der Waals surface area contributed by atoms with Gasteiger partial charge in [0, 0.05) is 13.1 Å². The van der Waals surface area contributed by atoms with E-state index < -0.39 is 11.1 Å². The average Bonchev–Trinajstić information content (AvgIpc) is 3.15. The number of thioether (sulfide) groups is 1. The zero-order valence-electron chi connectivity index (χ0n) is 13.8. The van der Waals surface area contributed by atoms with Crippen molar-refractivity contribution in [1.29, 1.82) is 0 Å². The first-order valence-electron chi connectivity index (χ1n) is 7.79. The highest BCUT2D eigenvalue weighted by Crippen LogP contribution is 2.31. The summed E-state index contributed by atoms with van der Waals surface area (Å²) in [6.45, 7) is 1.87. The third kappa shape index (κ3) is 3.85. The summed E-state index contributed by atoms with van der Waals surface area (Å²) in [5, 5.41) is 2.24. The van der Waals surface area contributed by atoms with Crippen molar-refractivity contribution in [2.45, 2.75) is 6.92 Å². The lowest BCUT2D eigenvalue weighted by molar-refractivity contribution is -0.122. The minimum absolute atomic E-state index is 0.0636. The number of imide groups is 1. The number of halogens is 1. The molecule has 3 amide bonds. The number of nitrogens with one attached hydrogen (secondary N) is 1. The number of carbonyl (C=O) groups excluding carboxylic acids is 3. The summed E-state index contributed by atoms with van der Waals surface area (Å²) in [6.07, 6.45) is 2.96. The Hall–Kier alpha value is -2.87. The van der Waals surface area contributed by atoms with Gasteiger partial charge in [-0.25, -0.2) is 4.39 Å². The van der Waals surface area contributed by atoms with E-state index in [1.165, 1.54) is 36.6 Å². The van der Waals surface area contributed by atoms with E-state index in [9.17, 15) is 18.8 Å². The summed E-state index contributed by atoms with van der Waals surface area (Å²) < 4.78 is 18.0. The van der Waals surface area contributed by atoms with Gasteiger partial charge in [0.2, 0.25) is 0 Å². The number of benzene rings is 1. The van der Waals surface area contributed by atoms with E-state index in [0.29, 0.717) is 16.9 Å².